The first-order chi connectivity index (χ1) is 8.16. The van der Waals surface area contributed by atoms with Crippen LogP contribution in [0.25, 0.3) is 0 Å². The number of carboxylic acids is 1. The van der Waals surface area contributed by atoms with Gasteiger partial charge in [0.25, 0.3) is 5.56 Å². The molecule has 17 heavy (non-hydrogen) atoms. The largest absolute Gasteiger partial charge is 0.477 e. The molecule has 0 radical (unpaired) electrons. The van der Waals surface area contributed by atoms with Gasteiger partial charge >= 0.3 is 5.97 Å². The average molecular weight is 237 g/mol. The molecule has 0 saturated carbocycles. The van der Waals surface area contributed by atoms with Crippen molar-refractivity contribution in [3.8, 4) is 0 Å². The molecule has 1 aromatic rings. The van der Waals surface area contributed by atoms with Crippen molar-refractivity contribution in [1.29, 1.82) is 0 Å². The van der Waals surface area contributed by atoms with Crippen LogP contribution >= 0.6 is 0 Å². The summed E-state index contributed by atoms with van der Waals surface area (Å²) in [6.45, 7) is 2.75. The highest BCUT2D eigenvalue weighted by Gasteiger charge is 2.09. The second-order valence-corrected chi connectivity index (χ2v) is 4.14. The maximum Gasteiger partial charge on any atom is 0.341 e. The van der Waals surface area contributed by atoms with Crippen molar-refractivity contribution in [2.45, 2.75) is 45.6 Å². The van der Waals surface area contributed by atoms with Gasteiger partial charge in [-0.2, -0.15) is 0 Å². The number of unbranched alkanes of at least 4 members (excludes halogenated alkanes) is 4. The van der Waals surface area contributed by atoms with Crippen LogP contribution in [0, 0.1) is 0 Å². The summed E-state index contributed by atoms with van der Waals surface area (Å²) in [6.07, 6.45) is 7.22. The lowest BCUT2D eigenvalue weighted by Crippen LogP contribution is -2.25. The summed E-state index contributed by atoms with van der Waals surface area (Å²) < 4.78 is 1.48. The van der Waals surface area contributed by atoms with Crippen molar-refractivity contribution in [1.82, 2.24) is 4.57 Å². The summed E-state index contributed by atoms with van der Waals surface area (Å²) in [6, 6.07) is 2.95. The van der Waals surface area contributed by atoms with E-state index in [1.54, 1.807) is 12.3 Å². The molecule has 0 saturated heterocycles. The molecule has 0 spiro atoms. The predicted molar refractivity (Wildman–Crippen MR) is 66.4 cm³/mol. The zero-order valence-corrected chi connectivity index (χ0v) is 10.2. The van der Waals surface area contributed by atoms with Crippen LogP contribution in [0.15, 0.2) is 23.1 Å². The minimum atomic E-state index is -1.16. The lowest BCUT2D eigenvalue weighted by Gasteiger charge is -2.06. The lowest BCUT2D eigenvalue weighted by atomic mass is 10.1. The van der Waals surface area contributed by atoms with Crippen molar-refractivity contribution in [2.24, 2.45) is 0 Å². The zero-order chi connectivity index (χ0) is 12.7. The molecular weight excluding hydrogens is 218 g/mol. The van der Waals surface area contributed by atoms with E-state index < -0.39 is 11.5 Å². The molecule has 1 heterocycles. The molecule has 0 unspecified atom stereocenters. The molecule has 0 bridgehead atoms. The van der Waals surface area contributed by atoms with Gasteiger partial charge in [-0.1, -0.05) is 32.6 Å². The third-order valence-corrected chi connectivity index (χ3v) is 2.75. The number of aryl methyl sites for hydroxylation is 1. The molecule has 0 fully saturated rings. The van der Waals surface area contributed by atoms with Gasteiger partial charge in [-0.25, -0.2) is 4.79 Å². The van der Waals surface area contributed by atoms with Crippen LogP contribution in [0.5, 0.6) is 0 Å². The molecular formula is C13H19NO3. The number of rotatable bonds is 7. The number of carbonyl (C=O) groups is 1. The molecule has 0 aliphatic rings. The molecule has 4 nitrogen and oxygen atoms in total. The van der Waals surface area contributed by atoms with E-state index in [1.165, 1.54) is 29.9 Å². The van der Waals surface area contributed by atoms with E-state index in [9.17, 15) is 9.59 Å². The van der Waals surface area contributed by atoms with Gasteiger partial charge in [-0.05, 0) is 18.6 Å². The van der Waals surface area contributed by atoms with Gasteiger partial charge in [0.15, 0.2) is 0 Å². The number of hydrogen-bond donors (Lipinski definition) is 1. The minimum Gasteiger partial charge on any atom is -0.477 e. The number of hydrogen-bond acceptors (Lipinski definition) is 2. The highest BCUT2D eigenvalue weighted by atomic mass is 16.4. The molecule has 1 aromatic heterocycles. The maximum absolute atomic E-state index is 11.7. The monoisotopic (exact) mass is 237 g/mol. The summed E-state index contributed by atoms with van der Waals surface area (Å²) in [5.41, 5.74) is -0.559. The van der Waals surface area contributed by atoms with Gasteiger partial charge < -0.3 is 9.67 Å². The number of carboxylic acid groups (broad SMARTS) is 1. The van der Waals surface area contributed by atoms with Gasteiger partial charge in [-0.3, -0.25) is 4.79 Å². The first-order valence-corrected chi connectivity index (χ1v) is 6.09. The topological polar surface area (TPSA) is 59.3 Å². The zero-order valence-electron chi connectivity index (χ0n) is 10.2. The number of pyridine rings is 1. The maximum atomic E-state index is 11.7. The molecule has 94 valence electrons. The van der Waals surface area contributed by atoms with Crippen molar-refractivity contribution in [3.63, 3.8) is 0 Å². The third kappa shape index (κ3) is 4.06. The Morgan fingerprint density at radius 1 is 1.29 bits per heavy atom. The van der Waals surface area contributed by atoms with Crippen molar-refractivity contribution in [3.05, 3.63) is 34.2 Å². The third-order valence-electron chi connectivity index (χ3n) is 2.75. The second kappa shape index (κ2) is 6.89. The van der Waals surface area contributed by atoms with E-state index in [0.29, 0.717) is 6.54 Å². The van der Waals surface area contributed by atoms with Crippen LogP contribution in [0.2, 0.25) is 0 Å². The van der Waals surface area contributed by atoms with Crippen LogP contribution in [-0.2, 0) is 6.54 Å². The van der Waals surface area contributed by atoms with Crippen LogP contribution < -0.4 is 5.56 Å². The van der Waals surface area contributed by atoms with E-state index in [-0.39, 0.29) is 5.56 Å². The minimum absolute atomic E-state index is 0.152. The normalized spacial score (nSPS) is 10.4. The highest BCUT2D eigenvalue weighted by molar-refractivity contribution is 5.86. The van der Waals surface area contributed by atoms with Crippen LogP contribution in [0.4, 0.5) is 0 Å². The van der Waals surface area contributed by atoms with Crippen molar-refractivity contribution < 1.29 is 9.90 Å². The Bertz CT molecular complexity index is 423. The Morgan fingerprint density at radius 3 is 2.65 bits per heavy atom. The Hall–Kier alpha value is -1.58. The first-order valence-electron chi connectivity index (χ1n) is 6.09. The van der Waals surface area contributed by atoms with Crippen molar-refractivity contribution >= 4 is 5.97 Å². The summed E-state index contributed by atoms with van der Waals surface area (Å²) in [4.78, 5) is 22.5. The van der Waals surface area contributed by atoms with Crippen LogP contribution in [0.3, 0.4) is 0 Å². The molecule has 4 heteroatoms. The molecule has 0 aliphatic heterocycles. The summed E-state index contributed by atoms with van der Waals surface area (Å²) in [5, 5.41) is 8.82. The Morgan fingerprint density at radius 2 is 2.00 bits per heavy atom. The summed E-state index contributed by atoms with van der Waals surface area (Å²) in [5.74, 6) is -1.16. The molecule has 0 atom stereocenters. The number of nitrogens with zero attached hydrogens (tertiary/aromatic N) is 1. The summed E-state index contributed by atoms with van der Waals surface area (Å²) >= 11 is 0. The van der Waals surface area contributed by atoms with E-state index in [1.807, 2.05) is 0 Å². The number of aromatic carboxylic acids is 1. The molecule has 1 N–H and O–H groups in total. The van der Waals surface area contributed by atoms with Gasteiger partial charge in [-0.15, -0.1) is 0 Å². The van der Waals surface area contributed by atoms with Gasteiger partial charge in [0.05, 0.1) is 0 Å². The van der Waals surface area contributed by atoms with E-state index >= 15 is 0 Å². The highest BCUT2D eigenvalue weighted by Crippen LogP contribution is 2.03. The van der Waals surface area contributed by atoms with E-state index in [0.717, 1.165) is 12.8 Å². The van der Waals surface area contributed by atoms with Gasteiger partial charge in [0.1, 0.15) is 5.56 Å². The Kier molecular flexibility index (Phi) is 5.46. The first kappa shape index (κ1) is 13.5. The van der Waals surface area contributed by atoms with E-state index in [2.05, 4.69) is 6.92 Å². The fourth-order valence-electron chi connectivity index (χ4n) is 1.76. The standard InChI is InChI=1S/C13H19NO3/c1-2-3-4-5-6-9-14-10-7-8-11(12(14)15)13(16)17/h7-8,10H,2-6,9H2,1H3,(H,16,17). The van der Waals surface area contributed by atoms with Crippen LogP contribution in [-0.4, -0.2) is 15.6 Å². The fraction of sp³-hybridized carbons (Fsp3) is 0.538. The van der Waals surface area contributed by atoms with Gasteiger partial charge in [0.2, 0.25) is 0 Å². The average Bonchev–Trinajstić information content (AvgIpc) is 2.30. The second-order valence-electron chi connectivity index (χ2n) is 4.14. The number of aromatic nitrogens is 1. The molecule has 1 rings (SSSR count). The van der Waals surface area contributed by atoms with Gasteiger partial charge in [0, 0.05) is 12.7 Å². The van der Waals surface area contributed by atoms with Crippen LogP contribution in [0.1, 0.15) is 49.4 Å². The summed E-state index contributed by atoms with van der Waals surface area (Å²) in [7, 11) is 0. The van der Waals surface area contributed by atoms with Crippen molar-refractivity contribution in [2.75, 3.05) is 0 Å². The fourth-order valence-corrected chi connectivity index (χ4v) is 1.76. The Labute approximate surface area is 101 Å². The quantitative estimate of drug-likeness (QED) is 0.741. The molecule has 0 aliphatic carbocycles. The molecule has 0 aromatic carbocycles. The SMILES string of the molecule is CCCCCCCn1cccc(C(=O)O)c1=O. The molecule has 0 amide bonds. The van der Waals surface area contributed by atoms with E-state index in [4.69, 9.17) is 5.11 Å². The predicted octanol–water partition coefficient (Wildman–Crippen LogP) is 2.52. The lowest BCUT2D eigenvalue weighted by molar-refractivity contribution is 0.0694. The Balaban J connectivity index is 2.57. The smallest absolute Gasteiger partial charge is 0.341 e.